The average molecular weight is 272 g/mol. The van der Waals surface area contributed by atoms with Gasteiger partial charge in [0, 0.05) is 16.6 Å². The molecule has 0 spiro atoms. The quantitative estimate of drug-likeness (QED) is 0.908. The average Bonchev–Trinajstić information content (AvgIpc) is 2.87. The van der Waals surface area contributed by atoms with E-state index in [2.05, 4.69) is 30.7 Å². The lowest BCUT2D eigenvalue weighted by atomic mass is 10.1. The van der Waals surface area contributed by atoms with Crippen LogP contribution in [0.5, 0.6) is 0 Å². The molecule has 0 radical (unpaired) electrons. The van der Waals surface area contributed by atoms with Crippen LogP contribution < -0.4 is 5.32 Å². The largest absolute Gasteiger partial charge is 0.298 e. The maximum atomic E-state index is 12.0. The maximum Gasteiger partial charge on any atom is 0.257 e. The van der Waals surface area contributed by atoms with Gasteiger partial charge in [-0.15, -0.1) is 11.3 Å². The fraction of sp³-hybridized carbons (Fsp3) is 0.200. The Hall–Kier alpha value is -1.94. The minimum absolute atomic E-state index is 0.139. The Kier molecular flexibility index (Phi) is 4.12. The Labute approximate surface area is 117 Å². The third-order valence-electron chi connectivity index (χ3n) is 2.72. The van der Waals surface area contributed by atoms with Gasteiger partial charge in [-0.05, 0) is 23.6 Å². The molecule has 2 rings (SSSR count). The van der Waals surface area contributed by atoms with Crippen LogP contribution in [-0.4, -0.2) is 10.9 Å². The SMILES string of the molecule is C=Cc1ccc(C(=O)Nc2ncc(C(C)C)s2)cc1. The lowest BCUT2D eigenvalue weighted by Crippen LogP contribution is -2.11. The summed E-state index contributed by atoms with van der Waals surface area (Å²) in [7, 11) is 0. The Bertz CT molecular complexity index is 584. The molecule has 0 atom stereocenters. The number of amides is 1. The molecule has 98 valence electrons. The molecule has 19 heavy (non-hydrogen) atoms. The molecule has 1 N–H and O–H groups in total. The maximum absolute atomic E-state index is 12.0. The van der Waals surface area contributed by atoms with Crippen LogP contribution in [0.1, 0.15) is 40.6 Å². The lowest BCUT2D eigenvalue weighted by molar-refractivity contribution is 0.102. The monoisotopic (exact) mass is 272 g/mol. The van der Waals surface area contributed by atoms with E-state index < -0.39 is 0 Å². The van der Waals surface area contributed by atoms with Crippen LogP contribution >= 0.6 is 11.3 Å². The van der Waals surface area contributed by atoms with E-state index in [0.717, 1.165) is 10.4 Å². The number of carbonyl (C=O) groups excluding carboxylic acids is 1. The molecular weight excluding hydrogens is 256 g/mol. The van der Waals surface area contributed by atoms with Crippen LogP contribution in [0.4, 0.5) is 5.13 Å². The zero-order valence-corrected chi connectivity index (χ0v) is 11.8. The first-order chi connectivity index (χ1) is 9.10. The van der Waals surface area contributed by atoms with Gasteiger partial charge in [0.1, 0.15) is 0 Å². The van der Waals surface area contributed by atoms with Crippen molar-refractivity contribution in [3.05, 3.63) is 53.0 Å². The number of hydrogen-bond donors (Lipinski definition) is 1. The Morgan fingerprint density at radius 1 is 1.37 bits per heavy atom. The van der Waals surface area contributed by atoms with Crippen molar-refractivity contribution in [1.29, 1.82) is 0 Å². The summed E-state index contributed by atoms with van der Waals surface area (Å²) in [5.74, 6) is 0.287. The molecule has 0 bridgehead atoms. The molecule has 1 amide bonds. The molecule has 0 saturated heterocycles. The second kappa shape index (κ2) is 5.80. The minimum atomic E-state index is -0.139. The smallest absolute Gasteiger partial charge is 0.257 e. The highest BCUT2D eigenvalue weighted by molar-refractivity contribution is 7.15. The first kappa shape index (κ1) is 13.5. The predicted molar refractivity (Wildman–Crippen MR) is 80.7 cm³/mol. The van der Waals surface area contributed by atoms with E-state index in [1.807, 2.05) is 18.3 Å². The van der Waals surface area contributed by atoms with Gasteiger partial charge in [-0.25, -0.2) is 4.98 Å². The van der Waals surface area contributed by atoms with Gasteiger partial charge in [-0.1, -0.05) is 38.6 Å². The molecule has 0 aliphatic heterocycles. The normalized spacial score (nSPS) is 10.5. The molecule has 1 aromatic heterocycles. The first-order valence-corrected chi connectivity index (χ1v) is 6.91. The number of nitrogens with zero attached hydrogens (tertiary/aromatic N) is 1. The number of anilines is 1. The Morgan fingerprint density at radius 2 is 2.05 bits per heavy atom. The van der Waals surface area contributed by atoms with Gasteiger partial charge in [-0.3, -0.25) is 10.1 Å². The summed E-state index contributed by atoms with van der Waals surface area (Å²) in [5, 5.41) is 3.45. The molecule has 2 aromatic rings. The number of hydrogen-bond acceptors (Lipinski definition) is 3. The van der Waals surface area contributed by atoms with Crippen LogP contribution in [0.15, 0.2) is 37.0 Å². The summed E-state index contributed by atoms with van der Waals surface area (Å²) in [6.45, 7) is 7.89. The number of thiazole rings is 1. The van der Waals surface area contributed by atoms with Crippen LogP contribution in [0.25, 0.3) is 6.08 Å². The van der Waals surface area contributed by atoms with Crippen molar-refractivity contribution in [1.82, 2.24) is 4.98 Å². The standard InChI is InChI=1S/C15H16N2OS/c1-4-11-5-7-12(8-6-11)14(18)17-15-16-9-13(19-15)10(2)3/h4-10H,1H2,2-3H3,(H,16,17,18). The van der Waals surface area contributed by atoms with E-state index in [1.165, 1.54) is 11.3 Å². The fourth-order valence-electron chi connectivity index (χ4n) is 1.55. The molecule has 3 nitrogen and oxygen atoms in total. The van der Waals surface area contributed by atoms with E-state index >= 15 is 0 Å². The first-order valence-electron chi connectivity index (χ1n) is 6.09. The van der Waals surface area contributed by atoms with E-state index in [-0.39, 0.29) is 5.91 Å². The highest BCUT2D eigenvalue weighted by Crippen LogP contribution is 2.25. The van der Waals surface area contributed by atoms with E-state index in [0.29, 0.717) is 16.6 Å². The van der Waals surface area contributed by atoms with Crippen molar-refractivity contribution in [3.63, 3.8) is 0 Å². The van der Waals surface area contributed by atoms with Gasteiger partial charge in [0.2, 0.25) is 0 Å². The summed E-state index contributed by atoms with van der Waals surface area (Å²) in [6.07, 6.45) is 3.56. The molecule has 4 heteroatoms. The summed E-state index contributed by atoms with van der Waals surface area (Å²) < 4.78 is 0. The Morgan fingerprint density at radius 3 is 2.58 bits per heavy atom. The van der Waals surface area contributed by atoms with Crippen LogP contribution in [0, 0.1) is 0 Å². The third-order valence-corrected chi connectivity index (χ3v) is 3.93. The number of nitrogens with one attached hydrogen (secondary N) is 1. The van der Waals surface area contributed by atoms with Crippen molar-refractivity contribution in [2.75, 3.05) is 5.32 Å². The van der Waals surface area contributed by atoms with Gasteiger partial charge in [-0.2, -0.15) is 0 Å². The third kappa shape index (κ3) is 3.29. The van der Waals surface area contributed by atoms with Gasteiger partial charge >= 0.3 is 0 Å². The van der Waals surface area contributed by atoms with Crippen molar-refractivity contribution in [2.24, 2.45) is 0 Å². The Balaban J connectivity index is 2.08. The van der Waals surface area contributed by atoms with Crippen LogP contribution in [-0.2, 0) is 0 Å². The minimum Gasteiger partial charge on any atom is -0.298 e. The summed E-state index contributed by atoms with van der Waals surface area (Å²) in [4.78, 5) is 17.4. The summed E-state index contributed by atoms with van der Waals surface area (Å²) in [5.41, 5.74) is 1.61. The molecular formula is C15H16N2OS. The number of aromatic nitrogens is 1. The van der Waals surface area contributed by atoms with Crippen LogP contribution in [0.3, 0.4) is 0 Å². The van der Waals surface area contributed by atoms with Crippen LogP contribution in [0.2, 0.25) is 0 Å². The predicted octanol–water partition coefficient (Wildman–Crippen LogP) is 4.16. The second-order valence-electron chi connectivity index (χ2n) is 4.50. The molecule has 0 aliphatic carbocycles. The van der Waals surface area contributed by atoms with Gasteiger partial charge < -0.3 is 0 Å². The number of benzene rings is 1. The topological polar surface area (TPSA) is 42.0 Å². The van der Waals surface area contributed by atoms with Gasteiger partial charge in [0.25, 0.3) is 5.91 Å². The number of carbonyl (C=O) groups is 1. The van der Waals surface area contributed by atoms with Crippen molar-refractivity contribution >= 4 is 28.5 Å². The van der Waals surface area contributed by atoms with Crippen molar-refractivity contribution < 1.29 is 4.79 Å². The fourth-order valence-corrected chi connectivity index (χ4v) is 2.36. The molecule has 0 aliphatic rings. The number of rotatable bonds is 4. The molecule has 0 unspecified atom stereocenters. The molecule has 1 heterocycles. The summed E-state index contributed by atoms with van der Waals surface area (Å²) in [6, 6.07) is 7.29. The van der Waals surface area contributed by atoms with E-state index in [1.54, 1.807) is 18.2 Å². The van der Waals surface area contributed by atoms with E-state index in [9.17, 15) is 4.79 Å². The molecule has 0 fully saturated rings. The summed E-state index contributed by atoms with van der Waals surface area (Å²) >= 11 is 1.51. The second-order valence-corrected chi connectivity index (χ2v) is 5.56. The highest BCUT2D eigenvalue weighted by atomic mass is 32.1. The molecule has 1 aromatic carbocycles. The zero-order chi connectivity index (χ0) is 13.8. The van der Waals surface area contributed by atoms with Crippen molar-refractivity contribution in [3.8, 4) is 0 Å². The van der Waals surface area contributed by atoms with Crippen molar-refractivity contribution in [2.45, 2.75) is 19.8 Å². The zero-order valence-electron chi connectivity index (χ0n) is 11.0. The molecule has 0 saturated carbocycles. The van der Waals surface area contributed by atoms with E-state index in [4.69, 9.17) is 0 Å². The lowest BCUT2D eigenvalue weighted by Gasteiger charge is -2.02. The van der Waals surface area contributed by atoms with Gasteiger partial charge in [0.15, 0.2) is 5.13 Å². The van der Waals surface area contributed by atoms with Gasteiger partial charge in [0.05, 0.1) is 0 Å². The highest BCUT2D eigenvalue weighted by Gasteiger charge is 2.10.